The van der Waals surface area contributed by atoms with Crippen molar-refractivity contribution in [3.8, 4) is 0 Å². The molecule has 0 fully saturated rings. The van der Waals surface area contributed by atoms with Crippen LogP contribution >= 0.6 is 0 Å². The SMILES string of the molecule is CCCCCCCCCCc1cc2c(N)ccc3c4cccc5cccc(c(c1)c23)c54. The van der Waals surface area contributed by atoms with Gasteiger partial charge < -0.3 is 5.73 Å². The highest BCUT2D eigenvalue weighted by Gasteiger charge is 2.14. The van der Waals surface area contributed by atoms with E-state index in [9.17, 15) is 0 Å². The molecule has 158 valence electrons. The molecule has 1 nitrogen and oxygen atoms in total. The number of rotatable bonds is 9. The second-order valence-electron chi connectivity index (χ2n) is 9.20. The van der Waals surface area contributed by atoms with Gasteiger partial charge in [-0.05, 0) is 68.2 Å². The minimum absolute atomic E-state index is 0.893. The molecule has 0 aliphatic carbocycles. The molecule has 0 amide bonds. The summed E-state index contributed by atoms with van der Waals surface area (Å²) in [6, 6.07) is 22.5. The predicted molar refractivity (Wildman–Crippen MR) is 138 cm³/mol. The summed E-state index contributed by atoms with van der Waals surface area (Å²) in [5.74, 6) is 0. The van der Waals surface area contributed by atoms with Crippen LogP contribution < -0.4 is 5.73 Å². The normalized spacial score (nSPS) is 12.0. The van der Waals surface area contributed by atoms with Gasteiger partial charge in [0.15, 0.2) is 0 Å². The first kappa shape index (κ1) is 20.1. The Hall–Kier alpha value is -2.80. The number of unbranched alkanes of at least 4 members (excludes halogenated alkanes) is 7. The summed E-state index contributed by atoms with van der Waals surface area (Å²) in [5.41, 5.74) is 8.81. The third-order valence-corrected chi connectivity index (χ3v) is 7.01. The number of hydrogen-bond donors (Lipinski definition) is 1. The fraction of sp³-hybridized carbons (Fsp3) is 0.333. The largest absolute Gasteiger partial charge is 0.398 e. The van der Waals surface area contributed by atoms with Gasteiger partial charge in [0.2, 0.25) is 0 Å². The molecule has 0 spiro atoms. The van der Waals surface area contributed by atoms with Crippen LogP contribution in [0, 0.1) is 0 Å². The first-order chi connectivity index (χ1) is 15.3. The summed E-state index contributed by atoms with van der Waals surface area (Å²) in [5, 5.41) is 10.6. The van der Waals surface area contributed by atoms with E-state index in [0.717, 1.165) is 12.1 Å². The van der Waals surface area contributed by atoms with Crippen molar-refractivity contribution in [2.45, 2.75) is 64.7 Å². The van der Waals surface area contributed by atoms with E-state index in [1.165, 1.54) is 100 Å². The van der Waals surface area contributed by atoms with Crippen molar-refractivity contribution in [3.05, 3.63) is 66.2 Å². The number of benzene rings is 5. The zero-order chi connectivity index (χ0) is 21.2. The lowest BCUT2D eigenvalue weighted by Crippen LogP contribution is -1.94. The molecule has 5 rings (SSSR count). The molecule has 0 unspecified atom stereocenters. The zero-order valence-corrected chi connectivity index (χ0v) is 18.7. The van der Waals surface area contributed by atoms with E-state index in [1.807, 2.05) is 0 Å². The van der Waals surface area contributed by atoms with E-state index in [-0.39, 0.29) is 0 Å². The molecule has 5 aromatic rings. The third-order valence-electron chi connectivity index (χ3n) is 7.01. The average molecular weight is 408 g/mol. The third kappa shape index (κ3) is 3.71. The van der Waals surface area contributed by atoms with Gasteiger partial charge in [-0.15, -0.1) is 0 Å². The Morgan fingerprint density at radius 3 is 1.94 bits per heavy atom. The summed E-state index contributed by atoms with van der Waals surface area (Å²) < 4.78 is 0. The second-order valence-corrected chi connectivity index (χ2v) is 9.20. The Balaban J connectivity index is 1.50. The summed E-state index contributed by atoms with van der Waals surface area (Å²) in [6.07, 6.45) is 12.0. The van der Waals surface area contributed by atoms with E-state index < -0.39 is 0 Å². The van der Waals surface area contributed by atoms with Crippen LogP contribution in [0.5, 0.6) is 0 Å². The first-order valence-electron chi connectivity index (χ1n) is 12.2. The van der Waals surface area contributed by atoms with Crippen LogP contribution in [0.4, 0.5) is 5.69 Å². The molecule has 31 heavy (non-hydrogen) atoms. The number of nitrogens with two attached hydrogens (primary N) is 1. The molecule has 0 saturated carbocycles. The van der Waals surface area contributed by atoms with Gasteiger partial charge in [-0.2, -0.15) is 0 Å². The summed E-state index contributed by atoms with van der Waals surface area (Å²) >= 11 is 0. The average Bonchev–Trinajstić information content (AvgIpc) is 2.80. The molecule has 0 saturated heterocycles. The van der Waals surface area contributed by atoms with Crippen LogP contribution in [0.15, 0.2) is 60.7 Å². The van der Waals surface area contributed by atoms with E-state index >= 15 is 0 Å². The second kappa shape index (κ2) is 8.75. The predicted octanol–water partition coefficient (Wildman–Crippen LogP) is 9.00. The van der Waals surface area contributed by atoms with Crippen molar-refractivity contribution >= 4 is 48.8 Å². The minimum atomic E-state index is 0.893. The van der Waals surface area contributed by atoms with Gasteiger partial charge >= 0.3 is 0 Å². The van der Waals surface area contributed by atoms with Crippen LogP contribution in [-0.2, 0) is 6.42 Å². The molecule has 0 heterocycles. The lowest BCUT2D eigenvalue weighted by atomic mass is 9.87. The Morgan fingerprint density at radius 1 is 0.581 bits per heavy atom. The van der Waals surface area contributed by atoms with Crippen LogP contribution in [0.1, 0.15) is 63.9 Å². The highest BCUT2D eigenvalue weighted by Crippen LogP contribution is 2.42. The Kier molecular flexibility index (Phi) is 5.68. The fourth-order valence-electron chi connectivity index (χ4n) is 5.40. The summed E-state index contributed by atoms with van der Waals surface area (Å²) in [7, 11) is 0. The van der Waals surface area contributed by atoms with Crippen molar-refractivity contribution in [3.63, 3.8) is 0 Å². The van der Waals surface area contributed by atoms with E-state index in [4.69, 9.17) is 5.73 Å². The number of anilines is 1. The van der Waals surface area contributed by atoms with Crippen molar-refractivity contribution in [1.82, 2.24) is 0 Å². The topological polar surface area (TPSA) is 26.0 Å². The molecule has 0 radical (unpaired) electrons. The maximum absolute atomic E-state index is 6.49. The Labute approximate surface area is 185 Å². The number of hydrogen-bond acceptors (Lipinski definition) is 1. The van der Waals surface area contributed by atoms with Gasteiger partial charge in [-0.1, -0.05) is 100 Å². The Bertz CT molecular complexity index is 1330. The smallest absolute Gasteiger partial charge is 0.0394 e. The minimum Gasteiger partial charge on any atom is -0.398 e. The van der Waals surface area contributed by atoms with Crippen LogP contribution in [0.25, 0.3) is 43.1 Å². The molecule has 1 heteroatoms. The molecule has 0 aliphatic heterocycles. The summed E-state index contributed by atoms with van der Waals surface area (Å²) in [6.45, 7) is 2.28. The van der Waals surface area contributed by atoms with Crippen LogP contribution in [-0.4, -0.2) is 0 Å². The lowest BCUT2D eigenvalue weighted by molar-refractivity contribution is 0.575. The van der Waals surface area contributed by atoms with Crippen molar-refractivity contribution in [1.29, 1.82) is 0 Å². The maximum atomic E-state index is 6.49. The molecule has 5 aromatic carbocycles. The van der Waals surface area contributed by atoms with Crippen molar-refractivity contribution in [2.75, 3.05) is 5.73 Å². The first-order valence-corrected chi connectivity index (χ1v) is 12.2. The Morgan fingerprint density at radius 2 is 1.19 bits per heavy atom. The molecule has 0 aliphatic rings. The van der Waals surface area contributed by atoms with Gasteiger partial charge in [0, 0.05) is 11.1 Å². The molecule has 2 N–H and O–H groups in total. The highest BCUT2D eigenvalue weighted by molar-refractivity contribution is 6.34. The van der Waals surface area contributed by atoms with Gasteiger partial charge in [-0.3, -0.25) is 0 Å². The lowest BCUT2D eigenvalue weighted by Gasteiger charge is -2.17. The van der Waals surface area contributed by atoms with E-state index in [0.29, 0.717) is 0 Å². The molecule has 0 bridgehead atoms. The number of nitrogen functional groups attached to an aromatic ring is 1. The van der Waals surface area contributed by atoms with Crippen LogP contribution in [0.2, 0.25) is 0 Å². The van der Waals surface area contributed by atoms with Gasteiger partial charge in [0.05, 0.1) is 0 Å². The maximum Gasteiger partial charge on any atom is 0.0394 e. The quantitative estimate of drug-likeness (QED) is 0.112. The zero-order valence-electron chi connectivity index (χ0n) is 18.7. The molecular formula is C30H33N. The van der Waals surface area contributed by atoms with Gasteiger partial charge in [0.25, 0.3) is 0 Å². The van der Waals surface area contributed by atoms with E-state index in [2.05, 4.69) is 67.6 Å². The molecule has 0 aromatic heterocycles. The van der Waals surface area contributed by atoms with E-state index in [1.54, 1.807) is 0 Å². The van der Waals surface area contributed by atoms with Gasteiger partial charge in [-0.25, -0.2) is 0 Å². The van der Waals surface area contributed by atoms with Crippen LogP contribution in [0.3, 0.4) is 0 Å². The van der Waals surface area contributed by atoms with Crippen molar-refractivity contribution < 1.29 is 0 Å². The van der Waals surface area contributed by atoms with Gasteiger partial charge in [0.1, 0.15) is 0 Å². The van der Waals surface area contributed by atoms with Crippen molar-refractivity contribution in [2.24, 2.45) is 0 Å². The standard InChI is InChI=1S/C30H33N/c1-2-3-4-5-6-7-8-9-12-21-19-26-24-16-11-14-22-13-10-15-23(29(22)24)25-17-18-28(31)27(20-21)30(25)26/h10-11,13-20H,2-9,12,31H2,1H3. The number of aryl methyl sites for hydroxylation is 1. The molecule has 0 atom stereocenters. The number of fused-ring (bicyclic) bond motifs is 2. The highest BCUT2D eigenvalue weighted by atomic mass is 14.5. The monoisotopic (exact) mass is 407 g/mol. The fourth-order valence-corrected chi connectivity index (χ4v) is 5.40. The molecular weight excluding hydrogens is 374 g/mol. The summed E-state index contributed by atoms with van der Waals surface area (Å²) in [4.78, 5) is 0.